The lowest BCUT2D eigenvalue weighted by atomic mass is 10.0. The summed E-state index contributed by atoms with van der Waals surface area (Å²) in [6, 6.07) is 16.6. The Hall–Kier alpha value is -2.06. The van der Waals surface area contributed by atoms with Gasteiger partial charge in [-0.3, -0.25) is 0 Å². The van der Waals surface area contributed by atoms with Crippen LogP contribution in [0.5, 0.6) is 0 Å². The minimum atomic E-state index is -0.108. The minimum absolute atomic E-state index is 0.108. The first kappa shape index (κ1) is 12.9. The predicted molar refractivity (Wildman–Crippen MR) is 82.8 cm³/mol. The van der Waals surface area contributed by atoms with E-state index in [-0.39, 0.29) is 6.04 Å². The summed E-state index contributed by atoms with van der Waals surface area (Å²) in [6.45, 7) is 4.15. The predicted octanol–water partition coefficient (Wildman–Crippen LogP) is 4.29. The lowest BCUT2D eigenvalue weighted by molar-refractivity contribution is 0.493. The van der Waals surface area contributed by atoms with Gasteiger partial charge in [0.1, 0.15) is 11.3 Å². The Balaban J connectivity index is 1.89. The number of hydrogen-bond donors (Lipinski definition) is 1. The van der Waals surface area contributed by atoms with E-state index in [1.807, 2.05) is 6.07 Å². The van der Waals surface area contributed by atoms with E-state index in [0.29, 0.717) is 0 Å². The van der Waals surface area contributed by atoms with Crippen molar-refractivity contribution in [1.29, 1.82) is 0 Å². The molecule has 1 unspecified atom stereocenters. The van der Waals surface area contributed by atoms with Crippen molar-refractivity contribution in [1.82, 2.24) is 0 Å². The van der Waals surface area contributed by atoms with Crippen LogP contribution in [-0.4, -0.2) is 0 Å². The van der Waals surface area contributed by atoms with Gasteiger partial charge >= 0.3 is 0 Å². The Morgan fingerprint density at radius 2 is 1.85 bits per heavy atom. The summed E-state index contributed by atoms with van der Waals surface area (Å²) < 4.78 is 5.94. The average Bonchev–Trinajstić information content (AvgIpc) is 2.84. The molecule has 2 aromatic carbocycles. The zero-order valence-electron chi connectivity index (χ0n) is 11.9. The number of furan rings is 1. The molecule has 2 N–H and O–H groups in total. The van der Waals surface area contributed by atoms with Gasteiger partial charge in [0, 0.05) is 5.39 Å². The molecule has 0 amide bonds. The van der Waals surface area contributed by atoms with Crippen LogP contribution >= 0.6 is 0 Å². The van der Waals surface area contributed by atoms with Gasteiger partial charge in [-0.1, -0.05) is 48.0 Å². The molecule has 0 aliphatic rings. The van der Waals surface area contributed by atoms with Gasteiger partial charge in [-0.15, -0.1) is 0 Å². The fraction of sp³-hybridized carbons (Fsp3) is 0.222. The van der Waals surface area contributed by atoms with E-state index >= 15 is 0 Å². The Labute approximate surface area is 119 Å². The minimum Gasteiger partial charge on any atom is -0.459 e. The maximum atomic E-state index is 6.30. The van der Waals surface area contributed by atoms with E-state index in [9.17, 15) is 0 Å². The third-order valence-corrected chi connectivity index (χ3v) is 3.66. The van der Waals surface area contributed by atoms with Crippen molar-refractivity contribution in [3.05, 3.63) is 71.0 Å². The summed E-state index contributed by atoms with van der Waals surface area (Å²) in [6.07, 6.45) is 0.792. The second kappa shape index (κ2) is 5.14. The van der Waals surface area contributed by atoms with Gasteiger partial charge in [0.15, 0.2) is 0 Å². The third-order valence-electron chi connectivity index (χ3n) is 3.66. The van der Waals surface area contributed by atoms with Crippen LogP contribution in [-0.2, 0) is 6.42 Å². The number of aryl methyl sites for hydroxylation is 2. The number of rotatable bonds is 3. The topological polar surface area (TPSA) is 39.2 Å². The molecule has 0 aliphatic heterocycles. The number of nitrogens with two attached hydrogens (primary N) is 1. The van der Waals surface area contributed by atoms with Gasteiger partial charge in [-0.05, 0) is 37.5 Å². The maximum Gasteiger partial charge on any atom is 0.137 e. The second-order valence-electron chi connectivity index (χ2n) is 5.44. The van der Waals surface area contributed by atoms with Gasteiger partial charge < -0.3 is 10.2 Å². The molecule has 0 fully saturated rings. The van der Waals surface area contributed by atoms with Crippen molar-refractivity contribution in [2.45, 2.75) is 26.3 Å². The highest BCUT2D eigenvalue weighted by Crippen LogP contribution is 2.27. The summed E-state index contributed by atoms with van der Waals surface area (Å²) in [5.41, 5.74) is 10.9. The zero-order chi connectivity index (χ0) is 14.1. The first-order chi connectivity index (χ1) is 9.63. The van der Waals surface area contributed by atoms with Crippen molar-refractivity contribution in [2.75, 3.05) is 0 Å². The van der Waals surface area contributed by atoms with Crippen LogP contribution in [0.15, 0.2) is 52.9 Å². The molecule has 0 radical (unpaired) electrons. The molecule has 3 rings (SSSR count). The van der Waals surface area contributed by atoms with Crippen molar-refractivity contribution in [3.8, 4) is 0 Å². The lowest BCUT2D eigenvalue weighted by Gasteiger charge is -2.09. The lowest BCUT2D eigenvalue weighted by Crippen LogP contribution is -2.12. The van der Waals surface area contributed by atoms with Gasteiger partial charge in [-0.2, -0.15) is 0 Å². The number of hydrogen-bond acceptors (Lipinski definition) is 2. The molecule has 0 spiro atoms. The highest BCUT2D eigenvalue weighted by atomic mass is 16.3. The van der Waals surface area contributed by atoms with Crippen LogP contribution < -0.4 is 5.73 Å². The van der Waals surface area contributed by atoms with E-state index in [0.717, 1.165) is 28.7 Å². The summed E-state index contributed by atoms with van der Waals surface area (Å²) >= 11 is 0. The van der Waals surface area contributed by atoms with E-state index < -0.39 is 0 Å². The average molecular weight is 265 g/mol. The Kier molecular flexibility index (Phi) is 3.33. The maximum absolute atomic E-state index is 6.30. The van der Waals surface area contributed by atoms with E-state index in [2.05, 4.69) is 56.3 Å². The molecular formula is C18H19NO. The highest BCUT2D eigenvalue weighted by Gasteiger charge is 2.13. The molecule has 20 heavy (non-hydrogen) atoms. The van der Waals surface area contributed by atoms with Gasteiger partial charge in [0.25, 0.3) is 0 Å². The first-order valence-corrected chi connectivity index (χ1v) is 6.93. The largest absolute Gasteiger partial charge is 0.459 e. The molecular weight excluding hydrogens is 246 g/mol. The number of benzene rings is 2. The molecule has 0 aliphatic carbocycles. The standard InChI is InChI=1S/C18H19NO/c1-12-5-3-7-14(9-12)10-16(19)17-11-15-8-4-6-13(2)18(15)20-17/h3-9,11,16H,10,19H2,1-2H3. The first-order valence-electron chi connectivity index (χ1n) is 6.93. The molecule has 2 heteroatoms. The van der Waals surface area contributed by atoms with E-state index in [4.69, 9.17) is 10.2 Å². The summed E-state index contributed by atoms with van der Waals surface area (Å²) in [7, 11) is 0. The summed E-state index contributed by atoms with van der Waals surface area (Å²) in [4.78, 5) is 0. The van der Waals surface area contributed by atoms with Gasteiger partial charge in [0.2, 0.25) is 0 Å². The van der Waals surface area contributed by atoms with Crippen LogP contribution in [0, 0.1) is 13.8 Å². The quantitative estimate of drug-likeness (QED) is 0.767. The number of para-hydroxylation sites is 1. The molecule has 3 aromatic rings. The Morgan fingerprint density at radius 3 is 2.60 bits per heavy atom. The van der Waals surface area contributed by atoms with Crippen LogP contribution in [0.4, 0.5) is 0 Å². The Bertz CT molecular complexity index is 742. The van der Waals surface area contributed by atoms with Gasteiger partial charge in [0.05, 0.1) is 6.04 Å². The Morgan fingerprint density at radius 1 is 1.05 bits per heavy atom. The van der Waals surface area contributed by atoms with E-state index in [1.54, 1.807) is 0 Å². The third kappa shape index (κ3) is 2.47. The summed E-state index contributed by atoms with van der Waals surface area (Å²) in [5, 5.41) is 1.12. The molecule has 1 heterocycles. The van der Waals surface area contributed by atoms with Crippen LogP contribution in [0.25, 0.3) is 11.0 Å². The monoisotopic (exact) mass is 265 g/mol. The zero-order valence-corrected chi connectivity index (χ0v) is 11.9. The molecule has 102 valence electrons. The van der Waals surface area contributed by atoms with Crippen LogP contribution in [0.2, 0.25) is 0 Å². The van der Waals surface area contributed by atoms with Gasteiger partial charge in [-0.25, -0.2) is 0 Å². The van der Waals surface area contributed by atoms with Crippen LogP contribution in [0.3, 0.4) is 0 Å². The SMILES string of the molecule is Cc1cccc(CC(N)c2cc3cccc(C)c3o2)c1. The molecule has 2 nitrogen and oxygen atoms in total. The molecule has 0 saturated carbocycles. The fourth-order valence-electron chi connectivity index (χ4n) is 2.61. The second-order valence-corrected chi connectivity index (χ2v) is 5.44. The molecule has 0 saturated heterocycles. The highest BCUT2D eigenvalue weighted by molar-refractivity contribution is 5.81. The van der Waals surface area contributed by atoms with E-state index in [1.165, 1.54) is 11.1 Å². The van der Waals surface area contributed by atoms with Crippen molar-refractivity contribution in [2.24, 2.45) is 5.73 Å². The van der Waals surface area contributed by atoms with Crippen molar-refractivity contribution in [3.63, 3.8) is 0 Å². The van der Waals surface area contributed by atoms with Crippen molar-refractivity contribution >= 4 is 11.0 Å². The molecule has 0 bridgehead atoms. The number of fused-ring (bicyclic) bond motifs is 1. The smallest absolute Gasteiger partial charge is 0.137 e. The van der Waals surface area contributed by atoms with Crippen LogP contribution in [0.1, 0.15) is 28.5 Å². The van der Waals surface area contributed by atoms with Crippen molar-refractivity contribution < 1.29 is 4.42 Å². The summed E-state index contributed by atoms with van der Waals surface area (Å²) in [5.74, 6) is 0.857. The molecule has 1 atom stereocenters. The molecule has 1 aromatic heterocycles. The fourth-order valence-corrected chi connectivity index (χ4v) is 2.61. The normalized spacial score (nSPS) is 12.8.